The molecule has 116 valence electrons. The number of aryl methyl sites for hydroxylation is 1. The zero-order valence-electron chi connectivity index (χ0n) is 12.4. The van der Waals surface area contributed by atoms with Gasteiger partial charge in [-0.05, 0) is 50.4 Å². The van der Waals surface area contributed by atoms with Crippen LogP contribution in [0.1, 0.15) is 18.4 Å². The quantitative estimate of drug-likeness (QED) is 0.837. The molecule has 4 rings (SSSR count). The third-order valence-electron chi connectivity index (χ3n) is 4.60. The number of hydrogen-bond acceptors (Lipinski definition) is 3. The minimum atomic E-state index is -3.61. The van der Waals surface area contributed by atoms with E-state index in [1.54, 1.807) is 11.2 Å². The van der Waals surface area contributed by atoms with Crippen molar-refractivity contribution in [1.29, 1.82) is 0 Å². The van der Waals surface area contributed by atoms with Crippen LogP contribution in [0.3, 0.4) is 0 Å². The summed E-state index contributed by atoms with van der Waals surface area (Å²) in [6, 6.07) is 4.19. The first kappa shape index (κ1) is 14.9. The van der Waals surface area contributed by atoms with Crippen LogP contribution in [0.5, 0.6) is 0 Å². The van der Waals surface area contributed by atoms with Crippen LogP contribution in [0.4, 0.5) is 4.39 Å². The van der Waals surface area contributed by atoms with Gasteiger partial charge >= 0.3 is 0 Å². The van der Waals surface area contributed by atoms with E-state index in [0.717, 1.165) is 32.0 Å². The third-order valence-corrected chi connectivity index (χ3v) is 6.51. The summed E-state index contributed by atoms with van der Waals surface area (Å²) < 4.78 is 41.0. The maximum absolute atomic E-state index is 13.7. The molecule has 0 saturated carbocycles. The highest BCUT2D eigenvalue weighted by Gasteiger charge is 2.40. The molecule has 21 heavy (non-hydrogen) atoms. The first-order chi connectivity index (χ1) is 9.88. The first-order valence-electron chi connectivity index (χ1n) is 7.34. The van der Waals surface area contributed by atoms with Crippen molar-refractivity contribution in [3.63, 3.8) is 0 Å². The molecule has 3 heterocycles. The smallest absolute Gasteiger partial charge is 0.243 e. The number of likely N-dealkylation sites (N-methyl/N-ethyl adjacent to an activating group) is 1. The summed E-state index contributed by atoms with van der Waals surface area (Å²) in [6.45, 7) is 3.87. The van der Waals surface area contributed by atoms with Gasteiger partial charge in [0.1, 0.15) is 5.82 Å². The van der Waals surface area contributed by atoms with E-state index in [2.05, 4.69) is 4.90 Å². The molecule has 0 radical (unpaired) electrons. The van der Waals surface area contributed by atoms with Crippen molar-refractivity contribution < 1.29 is 12.8 Å². The highest BCUT2D eigenvalue weighted by atomic mass is 32.2. The first-order valence-corrected chi connectivity index (χ1v) is 8.78. The van der Waals surface area contributed by atoms with Crippen molar-refractivity contribution in [3.8, 4) is 0 Å². The molecule has 1 aromatic carbocycles. The highest BCUT2D eigenvalue weighted by Crippen LogP contribution is 2.32. The van der Waals surface area contributed by atoms with Gasteiger partial charge in [-0.25, -0.2) is 12.8 Å². The average molecular weight is 312 g/mol. The van der Waals surface area contributed by atoms with Crippen molar-refractivity contribution in [2.45, 2.75) is 30.7 Å². The molecule has 0 N–H and O–H groups in total. The Kier molecular flexibility index (Phi) is 3.80. The SMILES string of the molecule is Cc1ccc(S(=O)(=O)N2C[C@H]3CC[C@@H]2CN(C)C3)cc1F. The average Bonchev–Trinajstić information content (AvgIpc) is 2.70. The lowest BCUT2D eigenvalue weighted by Gasteiger charge is -2.35. The molecule has 6 heteroatoms. The number of halogens is 1. The summed E-state index contributed by atoms with van der Waals surface area (Å²) in [5, 5.41) is 0. The Balaban J connectivity index is 1.96. The van der Waals surface area contributed by atoms with E-state index in [1.165, 1.54) is 12.1 Å². The molecule has 0 spiro atoms. The number of rotatable bonds is 2. The molecule has 2 bridgehead atoms. The second-order valence-electron chi connectivity index (χ2n) is 6.30. The van der Waals surface area contributed by atoms with Crippen LogP contribution in [-0.4, -0.2) is 50.3 Å². The molecule has 3 aliphatic rings. The fraction of sp³-hybridized carbons (Fsp3) is 0.600. The topological polar surface area (TPSA) is 40.6 Å². The Bertz CT molecular complexity index is 647. The van der Waals surface area contributed by atoms with Crippen LogP contribution in [-0.2, 0) is 10.0 Å². The van der Waals surface area contributed by atoms with E-state index in [0.29, 0.717) is 18.0 Å². The molecule has 3 fully saturated rings. The van der Waals surface area contributed by atoms with Crippen molar-refractivity contribution >= 4 is 10.0 Å². The summed E-state index contributed by atoms with van der Waals surface area (Å²) in [4.78, 5) is 2.27. The molecular weight excluding hydrogens is 291 g/mol. The Morgan fingerprint density at radius 2 is 1.95 bits per heavy atom. The third kappa shape index (κ3) is 2.72. The number of nitrogens with zero attached hydrogens (tertiary/aromatic N) is 2. The van der Waals surface area contributed by atoms with Crippen molar-refractivity contribution in [2.24, 2.45) is 5.92 Å². The predicted molar refractivity (Wildman–Crippen MR) is 79.0 cm³/mol. The Labute approximate surface area is 125 Å². The molecule has 1 aromatic rings. The van der Waals surface area contributed by atoms with E-state index in [-0.39, 0.29) is 10.9 Å². The van der Waals surface area contributed by atoms with Crippen molar-refractivity contribution in [2.75, 3.05) is 26.7 Å². The molecule has 0 aliphatic carbocycles. The molecule has 3 saturated heterocycles. The standard InChI is InChI=1S/C15H21FN2O2S/c1-11-3-6-14(7-15(11)16)21(19,20)18-9-12-4-5-13(18)10-17(2)8-12/h3,6-7,12-13H,4-5,8-10H2,1-2H3/t12-,13+/m0/s1. The fourth-order valence-corrected chi connectivity index (χ4v) is 5.17. The van der Waals surface area contributed by atoms with Crippen LogP contribution in [0.15, 0.2) is 23.1 Å². The van der Waals surface area contributed by atoms with Gasteiger partial charge in [0, 0.05) is 25.7 Å². The van der Waals surface area contributed by atoms with E-state index < -0.39 is 15.8 Å². The lowest BCUT2D eigenvalue weighted by Crippen LogP contribution is -2.47. The minimum Gasteiger partial charge on any atom is -0.304 e. The monoisotopic (exact) mass is 312 g/mol. The number of benzene rings is 1. The summed E-state index contributed by atoms with van der Waals surface area (Å²) in [6.07, 6.45) is 1.96. The maximum Gasteiger partial charge on any atom is 0.243 e. The maximum atomic E-state index is 13.7. The van der Waals surface area contributed by atoms with Crippen LogP contribution >= 0.6 is 0 Å². The van der Waals surface area contributed by atoms with Gasteiger partial charge in [0.15, 0.2) is 0 Å². The number of fused-ring (bicyclic) bond motifs is 4. The minimum absolute atomic E-state index is 0.00288. The van der Waals surface area contributed by atoms with Gasteiger partial charge in [-0.15, -0.1) is 0 Å². The molecule has 2 atom stereocenters. The highest BCUT2D eigenvalue weighted by molar-refractivity contribution is 7.89. The van der Waals surface area contributed by atoms with Gasteiger partial charge in [0.2, 0.25) is 10.0 Å². The van der Waals surface area contributed by atoms with Crippen LogP contribution < -0.4 is 0 Å². The second-order valence-corrected chi connectivity index (χ2v) is 8.19. The van der Waals surface area contributed by atoms with Crippen LogP contribution in [0, 0.1) is 18.7 Å². The predicted octanol–water partition coefficient (Wildman–Crippen LogP) is 1.85. The van der Waals surface area contributed by atoms with Crippen molar-refractivity contribution in [3.05, 3.63) is 29.6 Å². The number of piperidine rings is 1. The molecule has 3 aliphatic heterocycles. The lowest BCUT2D eigenvalue weighted by atomic mass is 9.97. The second kappa shape index (κ2) is 5.34. The van der Waals surface area contributed by atoms with Gasteiger partial charge in [-0.3, -0.25) is 0 Å². The van der Waals surface area contributed by atoms with E-state index in [4.69, 9.17) is 0 Å². The summed E-state index contributed by atoms with van der Waals surface area (Å²) in [7, 11) is -1.58. The van der Waals surface area contributed by atoms with Crippen LogP contribution in [0.25, 0.3) is 0 Å². The number of hydrogen-bond donors (Lipinski definition) is 0. The molecule has 4 nitrogen and oxygen atoms in total. The van der Waals surface area contributed by atoms with E-state index >= 15 is 0 Å². The lowest BCUT2D eigenvalue weighted by molar-refractivity contribution is 0.229. The molecule has 0 unspecified atom stereocenters. The van der Waals surface area contributed by atoms with E-state index in [1.807, 2.05) is 7.05 Å². The fourth-order valence-electron chi connectivity index (χ4n) is 3.44. The summed E-state index contributed by atoms with van der Waals surface area (Å²) >= 11 is 0. The Morgan fingerprint density at radius 3 is 2.67 bits per heavy atom. The molecule has 0 aromatic heterocycles. The van der Waals surface area contributed by atoms with Crippen LogP contribution in [0.2, 0.25) is 0 Å². The zero-order valence-corrected chi connectivity index (χ0v) is 13.2. The van der Waals surface area contributed by atoms with Crippen molar-refractivity contribution in [1.82, 2.24) is 9.21 Å². The normalized spacial score (nSPS) is 27.8. The van der Waals surface area contributed by atoms with Gasteiger partial charge in [-0.1, -0.05) is 6.07 Å². The Hall–Kier alpha value is -0.980. The van der Waals surface area contributed by atoms with E-state index in [9.17, 15) is 12.8 Å². The molecule has 0 amide bonds. The summed E-state index contributed by atoms with van der Waals surface area (Å²) in [5.74, 6) is -0.0907. The van der Waals surface area contributed by atoms with Gasteiger partial charge in [0.05, 0.1) is 4.90 Å². The van der Waals surface area contributed by atoms with Gasteiger partial charge in [0.25, 0.3) is 0 Å². The van der Waals surface area contributed by atoms with Gasteiger partial charge < -0.3 is 4.90 Å². The van der Waals surface area contributed by atoms with Gasteiger partial charge in [-0.2, -0.15) is 4.31 Å². The summed E-state index contributed by atoms with van der Waals surface area (Å²) in [5.41, 5.74) is 0.464. The largest absolute Gasteiger partial charge is 0.304 e. The zero-order chi connectivity index (χ0) is 15.2. The Morgan fingerprint density at radius 1 is 1.19 bits per heavy atom. The molecular formula is C15H21FN2O2S. The number of sulfonamides is 1.